The van der Waals surface area contributed by atoms with E-state index < -0.39 is 0 Å². The Morgan fingerprint density at radius 3 is 2.61 bits per heavy atom. The van der Waals surface area contributed by atoms with E-state index in [1.165, 1.54) is 4.68 Å². The summed E-state index contributed by atoms with van der Waals surface area (Å²) in [5.74, 6) is -0.291. The molecule has 2 heterocycles. The van der Waals surface area contributed by atoms with E-state index in [4.69, 9.17) is 4.74 Å². The first-order valence-corrected chi connectivity index (χ1v) is 9.60. The van der Waals surface area contributed by atoms with Crippen molar-refractivity contribution in [2.24, 2.45) is 0 Å². The van der Waals surface area contributed by atoms with Crippen molar-refractivity contribution in [3.8, 4) is 0 Å². The van der Waals surface area contributed by atoms with Gasteiger partial charge in [-0.25, -0.2) is 4.68 Å². The molecule has 1 aliphatic rings. The van der Waals surface area contributed by atoms with Crippen LogP contribution in [0.2, 0.25) is 0 Å². The van der Waals surface area contributed by atoms with E-state index in [-0.39, 0.29) is 29.3 Å². The smallest absolute Gasteiger partial charge is 0.274 e. The lowest BCUT2D eigenvalue weighted by Gasteiger charge is -2.20. The number of hydrogen-bond donors (Lipinski definition) is 1. The highest BCUT2D eigenvalue weighted by Crippen LogP contribution is 2.17. The first kappa shape index (κ1) is 18.4. The zero-order chi connectivity index (χ0) is 19.5. The number of ether oxygens (including phenoxy) is 1. The fourth-order valence-corrected chi connectivity index (χ4v) is 3.63. The first-order chi connectivity index (χ1) is 13.6. The molecule has 1 aliphatic heterocycles. The molecule has 144 valence electrons. The Morgan fingerprint density at radius 1 is 1.18 bits per heavy atom. The van der Waals surface area contributed by atoms with Crippen LogP contribution in [0.25, 0.3) is 10.8 Å². The standard InChI is InChI=1S/C22H23N3O3/c1-15(19-12-7-13-28-19)23-21(26)20-17-10-5-6-11-18(17)22(27)25(24-20)14-16-8-3-2-4-9-16/h2-6,8-11,15,19H,7,12-14H2,1H3,(H,23,26)/t15-,19+/m0/s1. The van der Waals surface area contributed by atoms with Crippen LogP contribution in [0.1, 0.15) is 35.8 Å². The molecular formula is C22H23N3O3. The van der Waals surface area contributed by atoms with Crippen LogP contribution in [0.3, 0.4) is 0 Å². The number of nitrogens with one attached hydrogen (secondary N) is 1. The van der Waals surface area contributed by atoms with Crippen molar-refractivity contribution in [3.05, 3.63) is 76.2 Å². The largest absolute Gasteiger partial charge is 0.376 e. The minimum atomic E-state index is -0.291. The second-order valence-electron chi connectivity index (χ2n) is 7.16. The molecular weight excluding hydrogens is 354 g/mol. The van der Waals surface area contributed by atoms with Crippen LogP contribution in [0.4, 0.5) is 0 Å². The Bertz CT molecular complexity index is 1040. The SMILES string of the molecule is C[C@H](NC(=O)c1nn(Cc2ccccc2)c(=O)c2ccccc12)[C@H]1CCCO1. The van der Waals surface area contributed by atoms with Gasteiger partial charge in [-0.05, 0) is 31.4 Å². The Morgan fingerprint density at radius 2 is 1.89 bits per heavy atom. The highest BCUT2D eigenvalue weighted by atomic mass is 16.5. The van der Waals surface area contributed by atoms with Crippen LogP contribution < -0.4 is 10.9 Å². The lowest BCUT2D eigenvalue weighted by Crippen LogP contribution is -2.42. The van der Waals surface area contributed by atoms with Crippen molar-refractivity contribution in [1.82, 2.24) is 15.1 Å². The highest BCUT2D eigenvalue weighted by molar-refractivity contribution is 6.04. The topological polar surface area (TPSA) is 73.2 Å². The van der Waals surface area contributed by atoms with E-state index in [0.717, 1.165) is 25.0 Å². The van der Waals surface area contributed by atoms with Gasteiger partial charge in [-0.3, -0.25) is 9.59 Å². The normalized spacial score (nSPS) is 17.5. The molecule has 0 spiro atoms. The molecule has 6 nitrogen and oxygen atoms in total. The summed E-state index contributed by atoms with van der Waals surface area (Å²) in [6.07, 6.45) is 1.96. The van der Waals surface area contributed by atoms with E-state index in [1.54, 1.807) is 18.2 Å². The van der Waals surface area contributed by atoms with Gasteiger partial charge in [-0.1, -0.05) is 48.5 Å². The summed E-state index contributed by atoms with van der Waals surface area (Å²) in [5, 5.41) is 8.48. The Balaban J connectivity index is 1.71. The maximum atomic E-state index is 13.0. The van der Waals surface area contributed by atoms with Gasteiger partial charge in [-0.15, -0.1) is 0 Å². The van der Waals surface area contributed by atoms with Crippen molar-refractivity contribution in [2.45, 2.75) is 38.5 Å². The van der Waals surface area contributed by atoms with Crippen LogP contribution >= 0.6 is 0 Å². The maximum Gasteiger partial charge on any atom is 0.274 e. The van der Waals surface area contributed by atoms with E-state index in [2.05, 4.69) is 10.4 Å². The van der Waals surface area contributed by atoms with E-state index in [1.807, 2.05) is 43.3 Å². The molecule has 4 rings (SSSR count). The first-order valence-electron chi connectivity index (χ1n) is 9.60. The minimum Gasteiger partial charge on any atom is -0.376 e. The molecule has 1 N–H and O–H groups in total. The average Bonchev–Trinajstić information content (AvgIpc) is 3.26. The monoisotopic (exact) mass is 377 g/mol. The molecule has 1 aromatic heterocycles. The Labute approximate surface area is 163 Å². The molecule has 1 saturated heterocycles. The lowest BCUT2D eigenvalue weighted by molar-refractivity contribution is 0.0709. The van der Waals surface area contributed by atoms with Gasteiger partial charge in [0.15, 0.2) is 5.69 Å². The average molecular weight is 377 g/mol. The Kier molecular flexibility index (Phi) is 5.21. The number of carbonyl (C=O) groups is 1. The zero-order valence-corrected chi connectivity index (χ0v) is 15.8. The van der Waals surface area contributed by atoms with E-state index in [9.17, 15) is 9.59 Å². The predicted molar refractivity (Wildman–Crippen MR) is 107 cm³/mol. The number of amides is 1. The summed E-state index contributed by atoms with van der Waals surface area (Å²) in [4.78, 5) is 25.9. The van der Waals surface area contributed by atoms with Crippen molar-refractivity contribution in [1.29, 1.82) is 0 Å². The summed E-state index contributed by atoms with van der Waals surface area (Å²) in [5.41, 5.74) is 1.01. The van der Waals surface area contributed by atoms with Crippen LogP contribution in [-0.4, -0.2) is 34.4 Å². The second-order valence-corrected chi connectivity index (χ2v) is 7.16. The number of nitrogens with zero attached hydrogens (tertiary/aromatic N) is 2. The molecule has 0 unspecified atom stereocenters. The van der Waals surface area contributed by atoms with Gasteiger partial charge < -0.3 is 10.1 Å². The zero-order valence-electron chi connectivity index (χ0n) is 15.8. The number of rotatable bonds is 5. The molecule has 1 amide bonds. The van der Waals surface area contributed by atoms with Crippen molar-refractivity contribution >= 4 is 16.7 Å². The Hall–Kier alpha value is -2.99. The van der Waals surface area contributed by atoms with Gasteiger partial charge in [0.05, 0.1) is 24.1 Å². The van der Waals surface area contributed by atoms with Gasteiger partial charge >= 0.3 is 0 Å². The molecule has 3 aromatic rings. The molecule has 28 heavy (non-hydrogen) atoms. The molecule has 6 heteroatoms. The van der Waals surface area contributed by atoms with Gasteiger partial charge in [-0.2, -0.15) is 5.10 Å². The van der Waals surface area contributed by atoms with Gasteiger partial charge in [0.2, 0.25) is 0 Å². The van der Waals surface area contributed by atoms with Crippen molar-refractivity contribution < 1.29 is 9.53 Å². The fraction of sp³-hybridized carbons (Fsp3) is 0.318. The summed E-state index contributed by atoms with van der Waals surface area (Å²) in [7, 11) is 0. The van der Waals surface area contributed by atoms with E-state index >= 15 is 0 Å². The van der Waals surface area contributed by atoms with Gasteiger partial charge in [0.1, 0.15) is 0 Å². The highest BCUT2D eigenvalue weighted by Gasteiger charge is 2.25. The number of fused-ring (bicyclic) bond motifs is 1. The summed E-state index contributed by atoms with van der Waals surface area (Å²) >= 11 is 0. The fourth-order valence-electron chi connectivity index (χ4n) is 3.63. The molecule has 0 bridgehead atoms. The second kappa shape index (κ2) is 7.94. The molecule has 2 aromatic carbocycles. The summed E-state index contributed by atoms with van der Waals surface area (Å²) in [6, 6.07) is 16.6. The molecule has 1 fully saturated rings. The molecule has 2 atom stereocenters. The third-order valence-electron chi connectivity index (χ3n) is 5.14. The van der Waals surface area contributed by atoms with Crippen LogP contribution in [0, 0.1) is 0 Å². The van der Waals surface area contributed by atoms with Gasteiger partial charge in [0.25, 0.3) is 11.5 Å². The lowest BCUT2D eigenvalue weighted by atomic mass is 10.1. The maximum absolute atomic E-state index is 13.0. The summed E-state index contributed by atoms with van der Waals surface area (Å²) in [6.45, 7) is 2.98. The van der Waals surface area contributed by atoms with Crippen LogP contribution in [0.5, 0.6) is 0 Å². The molecule has 0 radical (unpaired) electrons. The molecule has 0 saturated carbocycles. The van der Waals surface area contributed by atoms with Gasteiger partial charge in [0, 0.05) is 12.0 Å². The third kappa shape index (κ3) is 3.68. The summed E-state index contributed by atoms with van der Waals surface area (Å²) < 4.78 is 7.03. The minimum absolute atomic E-state index is 0.0189. The quantitative estimate of drug-likeness (QED) is 0.742. The van der Waals surface area contributed by atoms with E-state index in [0.29, 0.717) is 17.3 Å². The number of benzene rings is 2. The third-order valence-corrected chi connectivity index (χ3v) is 5.14. The van der Waals surface area contributed by atoms with Crippen LogP contribution in [-0.2, 0) is 11.3 Å². The number of carbonyl (C=O) groups excluding carboxylic acids is 1. The van der Waals surface area contributed by atoms with Crippen LogP contribution in [0.15, 0.2) is 59.4 Å². The van der Waals surface area contributed by atoms with Crippen molar-refractivity contribution in [3.63, 3.8) is 0 Å². The number of hydrogen-bond acceptors (Lipinski definition) is 4. The predicted octanol–water partition coefficient (Wildman–Crippen LogP) is 2.74. The number of aromatic nitrogens is 2. The molecule has 0 aliphatic carbocycles. The van der Waals surface area contributed by atoms with Crippen molar-refractivity contribution in [2.75, 3.05) is 6.61 Å².